The minimum atomic E-state index is 0. The summed E-state index contributed by atoms with van der Waals surface area (Å²) in [6.45, 7) is 6.25. The summed E-state index contributed by atoms with van der Waals surface area (Å²) in [6, 6.07) is 0. The zero-order valence-corrected chi connectivity index (χ0v) is 10.4. The smallest absolute Gasteiger partial charge is 0.141 e. The Hall–Kier alpha value is 0.917. The van der Waals surface area contributed by atoms with Gasteiger partial charge in [-0.1, -0.05) is 0 Å². The summed E-state index contributed by atoms with van der Waals surface area (Å²) in [5, 5.41) is 0. The molecule has 0 fully saturated rings. The fraction of sp³-hybridized carbons (Fsp3) is 0.600. The molecule has 0 aromatic carbocycles. The topological polar surface area (TPSA) is 20.2 Å². The van der Waals surface area contributed by atoms with Crippen molar-refractivity contribution in [2.75, 3.05) is 0 Å². The van der Waals surface area contributed by atoms with Gasteiger partial charge in [-0.25, -0.2) is 0 Å². The molecule has 0 aliphatic rings. The molecule has 0 aliphatic carbocycles. The monoisotopic (exact) mass is 317 g/mol. The fourth-order valence-corrected chi connectivity index (χ4v) is 0. The third kappa shape index (κ3) is 288. The Labute approximate surface area is 71.9 Å². The Morgan fingerprint density at radius 3 is 1.12 bits per heavy atom. The van der Waals surface area contributed by atoms with Crippen molar-refractivity contribution < 1.29 is 27.2 Å². The first-order valence-electron chi connectivity index (χ1n) is 1.95. The summed E-state index contributed by atoms with van der Waals surface area (Å²) < 4.78 is 0. The average Bonchev–Trinajstić information content (AvgIpc) is 1.41. The number of hydrogen-bond donors (Lipinski definition) is 1. The summed E-state index contributed by atoms with van der Waals surface area (Å²) in [5.41, 5.74) is 0. The van der Waals surface area contributed by atoms with Crippen LogP contribution < -0.4 is 0 Å². The third-order valence-electron chi connectivity index (χ3n) is 0. The maximum atomic E-state index is 7.14. The van der Waals surface area contributed by atoms with Crippen molar-refractivity contribution in [3.63, 3.8) is 0 Å². The number of rotatable bonds is 0. The van der Waals surface area contributed by atoms with Gasteiger partial charge >= 0.3 is 0 Å². The Morgan fingerprint density at radius 1 is 1.12 bits per heavy atom. The molecule has 0 atom stereocenters. The molecule has 0 bridgehead atoms. The van der Waals surface area contributed by atoms with Crippen molar-refractivity contribution in [1.29, 1.82) is 0 Å². The van der Waals surface area contributed by atoms with E-state index in [2.05, 4.69) is 20.8 Å². The van der Waals surface area contributed by atoms with E-state index in [1.807, 2.05) is 0 Å². The van der Waals surface area contributed by atoms with Crippen LogP contribution in [0.4, 0.5) is 0 Å². The summed E-state index contributed by atoms with van der Waals surface area (Å²) in [4.78, 5) is 7.14. The van der Waals surface area contributed by atoms with Crippen LogP contribution in [0.15, 0.2) is 0 Å². The minimum absolute atomic E-state index is 0. The Kier molecular flexibility index (Phi) is 71.3. The molecule has 1 radical (unpaired) electrons. The third-order valence-corrected chi connectivity index (χ3v) is 0. The van der Waals surface area contributed by atoms with Gasteiger partial charge in [0.05, 0.1) is 0 Å². The molecule has 3 heteroatoms. The van der Waals surface area contributed by atoms with E-state index in [-0.39, 0.29) is 29.8 Å². The van der Waals surface area contributed by atoms with Gasteiger partial charge in [0.2, 0.25) is 0 Å². The second-order valence-electron chi connectivity index (χ2n) is 1.50. The summed E-state index contributed by atoms with van der Waals surface area (Å²) in [6.07, 6.45) is 0. The molecule has 1 nitrogen and oxygen atoms in total. The average molecular weight is 317 g/mol. The van der Waals surface area contributed by atoms with Gasteiger partial charge in [0.25, 0.3) is 0 Å². The van der Waals surface area contributed by atoms with Crippen molar-refractivity contribution in [3.05, 3.63) is 13.3 Å². The predicted octanol–water partition coefficient (Wildman–Crippen LogP) is 0.327. The Morgan fingerprint density at radius 2 is 1.12 bits per heavy atom. The SMILES string of the molecule is C[C-](C)C.O[SiH3].[Au].[CH3-]. The van der Waals surface area contributed by atoms with Crippen LogP contribution in [-0.2, 0) is 22.4 Å². The first-order chi connectivity index (χ1) is 2.73. The molecule has 1 N–H and O–H groups in total. The van der Waals surface area contributed by atoms with E-state index in [1.165, 1.54) is 5.92 Å². The van der Waals surface area contributed by atoms with Gasteiger partial charge in [0.1, 0.15) is 10.5 Å². The van der Waals surface area contributed by atoms with Gasteiger partial charge in [0, 0.05) is 22.4 Å². The standard InChI is InChI=1S/C4H9.CH3.Au.H4OSi/c1-4(2)3;;;1-2/h1-3H3;1H3;;1H,2H3/q2*-1;;. The minimum Gasteiger partial charge on any atom is -0.442 e. The Bertz CT molecular complexity index is 17.1. The molecule has 0 unspecified atom stereocenters. The largest absolute Gasteiger partial charge is 0.442 e. The molecule has 0 aromatic rings. The Balaban J connectivity index is -0.0000000183. The molecule has 0 spiro atoms. The van der Waals surface area contributed by atoms with Crippen LogP contribution in [0.25, 0.3) is 0 Å². The first kappa shape index (κ1) is 23.1. The van der Waals surface area contributed by atoms with Gasteiger partial charge in [-0.05, 0) is 0 Å². The normalized spacial score (nSPS) is 5.62. The molecule has 0 rings (SSSR count). The molecule has 0 aliphatic heterocycles. The molecular weight excluding hydrogens is 301 g/mol. The fourth-order valence-electron chi connectivity index (χ4n) is 0. The van der Waals surface area contributed by atoms with Crippen LogP contribution in [0, 0.1) is 13.3 Å². The van der Waals surface area contributed by atoms with E-state index in [1.54, 1.807) is 0 Å². The van der Waals surface area contributed by atoms with E-state index in [9.17, 15) is 0 Å². The van der Waals surface area contributed by atoms with Crippen molar-refractivity contribution >= 4 is 10.5 Å². The van der Waals surface area contributed by atoms with Gasteiger partial charge in [-0.3, -0.25) is 0 Å². The summed E-state index contributed by atoms with van der Waals surface area (Å²) >= 11 is 0. The van der Waals surface area contributed by atoms with E-state index in [0.29, 0.717) is 10.5 Å². The second kappa shape index (κ2) is 24.7. The number of hydrogen-bond acceptors (Lipinski definition) is 1. The molecular formula is C5H16AuOSi-2. The van der Waals surface area contributed by atoms with Gasteiger partial charge in [0.15, 0.2) is 0 Å². The molecule has 0 saturated carbocycles. The molecule has 0 amide bonds. The van der Waals surface area contributed by atoms with E-state index < -0.39 is 0 Å². The molecule has 0 saturated heterocycles. The quantitative estimate of drug-likeness (QED) is 0.504. The van der Waals surface area contributed by atoms with Crippen LogP contribution in [-0.4, -0.2) is 15.3 Å². The summed E-state index contributed by atoms with van der Waals surface area (Å²) in [5.74, 6) is 1.42. The van der Waals surface area contributed by atoms with Crippen LogP contribution >= 0.6 is 0 Å². The van der Waals surface area contributed by atoms with Crippen molar-refractivity contribution in [1.82, 2.24) is 0 Å². The van der Waals surface area contributed by atoms with Gasteiger partial charge in [-0.15, -0.1) is 0 Å². The predicted molar refractivity (Wildman–Crippen MR) is 38.8 cm³/mol. The molecule has 8 heavy (non-hydrogen) atoms. The van der Waals surface area contributed by atoms with Crippen molar-refractivity contribution in [2.45, 2.75) is 20.8 Å². The van der Waals surface area contributed by atoms with Crippen LogP contribution in [0.2, 0.25) is 0 Å². The van der Waals surface area contributed by atoms with Crippen LogP contribution in [0.5, 0.6) is 0 Å². The molecule has 59 valence electrons. The maximum absolute atomic E-state index is 7.14. The van der Waals surface area contributed by atoms with E-state index in [0.717, 1.165) is 0 Å². The second-order valence-corrected chi connectivity index (χ2v) is 1.50. The van der Waals surface area contributed by atoms with Crippen LogP contribution in [0.3, 0.4) is 0 Å². The molecule has 0 heterocycles. The zero-order valence-electron chi connectivity index (χ0n) is 6.25. The van der Waals surface area contributed by atoms with E-state index in [4.69, 9.17) is 4.80 Å². The maximum Gasteiger partial charge on any atom is 0.141 e. The van der Waals surface area contributed by atoms with Crippen molar-refractivity contribution in [2.24, 2.45) is 0 Å². The van der Waals surface area contributed by atoms with Gasteiger partial charge in [-0.2, -0.15) is 20.8 Å². The first-order valence-corrected chi connectivity index (χ1v) is 2.84. The zero-order chi connectivity index (χ0) is 5.58. The van der Waals surface area contributed by atoms with Gasteiger partial charge < -0.3 is 18.1 Å². The van der Waals surface area contributed by atoms with Crippen LogP contribution in [0.1, 0.15) is 20.8 Å². The molecule has 0 aromatic heterocycles. The van der Waals surface area contributed by atoms with E-state index >= 15 is 0 Å². The van der Waals surface area contributed by atoms with Crippen molar-refractivity contribution in [3.8, 4) is 0 Å². The summed E-state index contributed by atoms with van der Waals surface area (Å²) in [7, 11) is 0.306.